The first-order chi connectivity index (χ1) is 7.40. The summed E-state index contributed by atoms with van der Waals surface area (Å²) in [5.74, 6) is 2.48. The van der Waals surface area contributed by atoms with Gasteiger partial charge in [0.15, 0.2) is 5.58 Å². The summed E-state index contributed by atoms with van der Waals surface area (Å²) in [7, 11) is 0. The highest BCUT2D eigenvalue weighted by molar-refractivity contribution is 7.98. The Labute approximate surface area is 92.5 Å². The van der Waals surface area contributed by atoms with Gasteiger partial charge in [0, 0.05) is 6.61 Å². The highest BCUT2D eigenvalue weighted by Crippen LogP contribution is 2.18. The summed E-state index contributed by atoms with van der Waals surface area (Å²) in [6.45, 7) is 0.251. The molecule has 3 nitrogen and oxygen atoms in total. The number of hydrogen-bond acceptors (Lipinski definition) is 4. The Balaban J connectivity index is 1.97. The minimum Gasteiger partial charge on any atom is -0.440 e. The highest BCUT2D eigenvalue weighted by atomic mass is 32.2. The van der Waals surface area contributed by atoms with Gasteiger partial charge in [-0.05, 0) is 24.3 Å². The minimum atomic E-state index is 0.251. The zero-order chi connectivity index (χ0) is 10.5. The zero-order valence-electron chi connectivity index (χ0n) is 8.35. The second-order valence-electron chi connectivity index (χ2n) is 3.21. The van der Waals surface area contributed by atoms with E-state index in [1.54, 1.807) is 11.8 Å². The number of aromatic nitrogens is 1. The van der Waals surface area contributed by atoms with Crippen molar-refractivity contribution in [1.29, 1.82) is 0 Å². The van der Waals surface area contributed by atoms with E-state index in [0.717, 1.165) is 34.9 Å². The van der Waals surface area contributed by atoms with Gasteiger partial charge in [0.25, 0.3) is 0 Å². The molecule has 4 heteroatoms. The van der Waals surface area contributed by atoms with E-state index in [1.165, 1.54) is 0 Å². The van der Waals surface area contributed by atoms with Crippen LogP contribution < -0.4 is 0 Å². The van der Waals surface area contributed by atoms with Gasteiger partial charge >= 0.3 is 0 Å². The van der Waals surface area contributed by atoms with Crippen LogP contribution in [0.25, 0.3) is 11.1 Å². The van der Waals surface area contributed by atoms with Crippen molar-refractivity contribution in [3.05, 3.63) is 30.2 Å². The molecular formula is C11H13NO2S. The molecule has 1 aromatic heterocycles. The monoisotopic (exact) mass is 223 g/mol. The molecule has 0 aliphatic heterocycles. The molecule has 0 fully saturated rings. The number of thioether (sulfide) groups is 1. The Hall–Kier alpha value is -1.00. The van der Waals surface area contributed by atoms with Crippen LogP contribution in [-0.4, -0.2) is 22.5 Å². The number of oxazole rings is 1. The molecular weight excluding hydrogens is 210 g/mol. The summed E-state index contributed by atoms with van der Waals surface area (Å²) in [6.07, 6.45) is 0.824. The van der Waals surface area contributed by atoms with Gasteiger partial charge in [-0.1, -0.05) is 12.1 Å². The lowest BCUT2D eigenvalue weighted by atomic mass is 10.3. The Morgan fingerprint density at radius 3 is 3.00 bits per heavy atom. The summed E-state index contributed by atoms with van der Waals surface area (Å²) in [5, 5.41) is 8.63. The molecule has 0 saturated carbocycles. The molecule has 0 saturated heterocycles. The van der Waals surface area contributed by atoms with Crippen LogP contribution in [0.15, 0.2) is 28.7 Å². The van der Waals surface area contributed by atoms with Gasteiger partial charge in [0.2, 0.25) is 5.89 Å². The maximum Gasteiger partial charge on any atom is 0.205 e. The SMILES string of the molecule is OCCCSCc1nc2ccccc2o1. The predicted molar refractivity (Wildman–Crippen MR) is 61.9 cm³/mol. The molecule has 0 aliphatic rings. The number of rotatable bonds is 5. The number of para-hydroxylation sites is 2. The van der Waals surface area contributed by atoms with Crippen molar-refractivity contribution in [2.75, 3.05) is 12.4 Å². The molecule has 1 N–H and O–H groups in total. The predicted octanol–water partition coefficient (Wildman–Crippen LogP) is 2.44. The van der Waals surface area contributed by atoms with Crippen molar-refractivity contribution in [2.24, 2.45) is 0 Å². The largest absolute Gasteiger partial charge is 0.440 e. The van der Waals surface area contributed by atoms with Gasteiger partial charge in [-0.2, -0.15) is 11.8 Å². The third kappa shape index (κ3) is 2.73. The van der Waals surface area contributed by atoms with Gasteiger partial charge in [0.05, 0.1) is 5.75 Å². The van der Waals surface area contributed by atoms with E-state index in [9.17, 15) is 0 Å². The van der Waals surface area contributed by atoms with E-state index < -0.39 is 0 Å². The second kappa shape index (κ2) is 5.19. The molecule has 2 aromatic rings. The molecule has 2 rings (SSSR count). The summed E-state index contributed by atoms with van der Waals surface area (Å²) in [4.78, 5) is 4.36. The molecule has 15 heavy (non-hydrogen) atoms. The van der Waals surface area contributed by atoms with Crippen LogP contribution in [0.1, 0.15) is 12.3 Å². The molecule has 1 aromatic carbocycles. The summed E-state index contributed by atoms with van der Waals surface area (Å²) >= 11 is 1.73. The average molecular weight is 223 g/mol. The van der Waals surface area contributed by atoms with Crippen LogP contribution in [0.4, 0.5) is 0 Å². The molecule has 0 atom stereocenters. The average Bonchev–Trinajstić information content (AvgIpc) is 2.67. The van der Waals surface area contributed by atoms with Crippen molar-refractivity contribution in [3.8, 4) is 0 Å². The topological polar surface area (TPSA) is 46.3 Å². The van der Waals surface area contributed by atoms with Gasteiger partial charge in [-0.25, -0.2) is 4.98 Å². The maximum absolute atomic E-state index is 8.63. The minimum absolute atomic E-state index is 0.251. The summed E-state index contributed by atoms with van der Waals surface area (Å²) < 4.78 is 5.55. The Bertz CT molecular complexity index is 394. The smallest absolute Gasteiger partial charge is 0.205 e. The standard InChI is InChI=1S/C11H13NO2S/c13-6-3-7-15-8-11-12-9-4-1-2-5-10(9)14-11/h1-2,4-5,13H,3,6-8H2. The lowest BCUT2D eigenvalue weighted by molar-refractivity contribution is 0.296. The van der Waals surface area contributed by atoms with Gasteiger partial charge in [-0.15, -0.1) is 0 Å². The van der Waals surface area contributed by atoms with E-state index in [4.69, 9.17) is 9.52 Å². The number of aliphatic hydroxyl groups excluding tert-OH is 1. The quantitative estimate of drug-likeness (QED) is 0.791. The number of fused-ring (bicyclic) bond motifs is 1. The molecule has 0 spiro atoms. The van der Waals surface area contributed by atoms with E-state index >= 15 is 0 Å². The summed E-state index contributed by atoms with van der Waals surface area (Å²) in [5.41, 5.74) is 1.76. The van der Waals surface area contributed by atoms with Crippen LogP contribution in [-0.2, 0) is 5.75 Å². The first-order valence-corrected chi connectivity index (χ1v) is 6.08. The molecule has 0 radical (unpaired) electrons. The van der Waals surface area contributed by atoms with Gasteiger partial charge in [0.1, 0.15) is 5.52 Å². The molecule has 0 amide bonds. The van der Waals surface area contributed by atoms with Gasteiger partial charge < -0.3 is 9.52 Å². The second-order valence-corrected chi connectivity index (χ2v) is 4.31. The van der Waals surface area contributed by atoms with E-state index in [0.29, 0.717) is 0 Å². The van der Waals surface area contributed by atoms with Crippen molar-refractivity contribution < 1.29 is 9.52 Å². The third-order valence-electron chi connectivity index (χ3n) is 2.01. The normalized spacial score (nSPS) is 11.0. The van der Waals surface area contributed by atoms with Crippen molar-refractivity contribution in [3.63, 3.8) is 0 Å². The van der Waals surface area contributed by atoms with Crippen molar-refractivity contribution in [2.45, 2.75) is 12.2 Å². The van der Waals surface area contributed by atoms with Crippen LogP contribution in [0.5, 0.6) is 0 Å². The third-order valence-corrected chi connectivity index (χ3v) is 3.04. The number of aliphatic hydroxyl groups is 1. The first kappa shape index (κ1) is 10.5. The fourth-order valence-corrected chi connectivity index (χ4v) is 2.08. The van der Waals surface area contributed by atoms with Crippen LogP contribution in [0, 0.1) is 0 Å². The first-order valence-electron chi connectivity index (χ1n) is 4.93. The molecule has 0 unspecified atom stereocenters. The van der Waals surface area contributed by atoms with E-state index in [2.05, 4.69) is 4.98 Å². The molecule has 1 heterocycles. The fourth-order valence-electron chi connectivity index (χ4n) is 1.31. The fraction of sp³-hybridized carbons (Fsp3) is 0.364. The number of benzene rings is 1. The van der Waals surface area contributed by atoms with Crippen LogP contribution in [0.2, 0.25) is 0 Å². The van der Waals surface area contributed by atoms with E-state index in [1.807, 2.05) is 24.3 Å². The Kier molecular flexibility index (Phi) is 3.64. The van der Waals surface area contributed by atoms with Crippen molar-refractivity contribution >= 4 is 22.9 Å². The Morgan fingerprint density at radius 1 is 1.33 bits per heavy atom. The lowest BCUT2D eigenvalue weighted by Crippen LogP contribution is -1.87. The Morgan fingerprint density at radius 2 is 2.20 bits per heavy atom. The zero-order valence-corrected chi connectivity index (χ0v) is 9.17. The number of hydrogen-bond donors (Lipinski definition) is 1. The summed E-state index contributed by atoms with van der Waals surface area (Å²) in [6, 6.07) is 7.76. The van der Waals surface area contributed by atoms with Crippen LogP contribution >= 0.6 is 11.8 Å². The maximum atomic E-state index is 8.63. The molecule has 0 bridgehead atoms. The van der Waals surface area contributed by atoms with Gasteiger partial charge in [-0.3, -0.25) is 0 Å². The number of nitrogens with zero attached hydrogens (tertiary/aromatic N) is 1. The molecule has 0 aliphatic carbocycles. The molecule has 80 valence electrons. The lowest BCUT2D eigenvalue weighted by Gasteiger charge is -1.94. The van der Waals surface area contributed by atoms with E-state index in [-0.39, 0.29) is 6.61 Å². The van der Waals surface area contributed by atoms with Crippen LogP contribution in [0.3, 0.4) is 0 Å². The van der Waals surface area contributed by atoms with Crippen molar-refractivity contribution in [1.82, 2.24) is 4.98 Å². The highest BCUT2D eigenvalue weighted by Gasteiger charge is 2.03.